The summed E-state index contributed by atoms with van der Waals surface area (Å²) in [5.41, 5.74) is 9.04. The summed E-state index contributed by atoms with van der Waals surface area (Å²) in [4.78, 5) is 0. The summed E-state index contributed by atoms with van der Waals surface area (Å²) in [6.45, 7) is 4.59. The monoisotopic (exact) mass is 279 g/mol. The van der Waals surface area contributed by atoms with Crippen LogP contribution in [0.2, 0.25) is 0 Å². The maximum Gasteiger partial charge on any atom is 0.134 e. The highest BCUT2D eigenvalue weighted by atomic mass is 79.9. The van der Waals surface area contributed by atoms with E-state index in [1.807, 2.05) is 12.1 Å². The van der Waals surface area contributed by atoms with Crippen LogP contribution in [-0.4, -0.2) is 0 Å². The molecule has 2 nitrogen and oxygen atoms in total. The van der Waals surface area contributed by atoms with Crippen molar-refractivity contribution in [3.05, 3.63) is 45.6 Å². The molecule has 0 saturated carbocycles. The van der Waals surface area contributed by atoms with Crippen LogP contribution in [0.4, 0.5) is 0 Å². The standard InChI is InChI=1S/C13H14BrNO/c1-8-5-10(6-9(2)13(8)14)12-4-3-11(7-15)16-12/h3-6H,7,15H2,1-2H3. The van der Waals surface area contributed by atoms with Crippen molar-refractivity contribution in [1.29, 1.82) is 0 Å². The van der Waals surface area contributed by atoms with Crippen molar-refractivity contribution in [1.82, 2.24) is 0 Å². The van der Waals surface area contributed by atoms with Gasteiger partial charge in [0.05, 0.1) is 6.54 Å². The van der Waals surface area contributed by atoms with Crippen LogP contribution in [-0.2, 0) is 6.54 Å². The molecule has 0 atom stereocenters. The van der Waals surface area contributed by atoms with Crippen molar-refractivity contribution in [3.63, 3.8) is 0 Å². The molecule has 0 saturated heterocycles. The van der Waals surface area contributed by atoms with Crippen LogP contribution < -0.4 is 5.73 Å². The molecule has 0 unspecified atom stereocenters. The Morgan fingerprint density at radius 1 is 1.19 bits per heavy atom. The van der Waals surface area contributed by atoms with E-state index in [4.69, 9.17) is 10.2 Å². The van der Waals surface area contributed by atoms with Gasteiger partial charge in [-0.05, 0) is 49.2 Å². The van der Waals surface area contributed by atoms with Crippen molar-refractivity contribution >= 4 is 15.9 Å². The summed E-state index contributed by atoms with van der Waals surface area (Å²) in [6, 6.07) is 8.10. The fourth-order valence-electron chi connectivity index (χ4n) is 1.73. The molecular weight excluding hydrogens is 266 g/mol. The minimum atomic E-state index is 0.439. The van der Waals surface area contributed by atoms with E-state index in [0.717, 1.165) is 21.6 Å². The van der Waals surface area contributed by atoms with Crippen LogP contribution in [0.5, 0.6) is 0 Å². The lowest BCUT2D eigenvalue weighted by molar-refractivity contribution is 0.525. The number of hydrogen-bond acceptors (Lipinski definition) is 2. The van der Waals surface area contributed by atoms with Gasteiger partial charge in [0.2, 0.25) is 0 Å². The Hall–Kier alpha value is -1.06. The van der Waals surface area contributed by atoms with Crippen molar-refractivity contribution < 1.29 is 4.42 Å². The molecule has 2 rings (SSSR count). The number of hydrogen-bond donors (Lipinski definition) is 1. The molecule has 0 aliphatic rings. The Balaban J connectivity index is 2.48. The van der Waals surface area contributed by atoms with Crippen molar-refractivity contribution in [3.8, 4) is 11.3 Å². The number of benzene rings is 1. The summed E-state index contributed by atoms with van der Waals surface area (Å²) in [5, 5.41) is 0. The molecule has 16 heavy (non-hydrogen) atoms. The van der Waals surface area contributed by atoms with Crippen LogP contribution >= 0.6 is 15.9 Å². The molecule has 0 fully saturated rings. The number of aryl methyl sites for hydroxylation is 2. The highest BCUT2D eigenvalue weighted by Gasteiger charge is 2.07. The highest BCUT2D eigenvalue weighted by molar-refractivity contribution is 9.10. The average molecular weight is 280 g/mol. The largest absolute Gasteiger partial charge is 0.460 e. The van der Waals surface area contributed by atoms with E-state index in [0.29, 0.717) is 6.54 Å². The molecule has 0 amide bonds. The minimum Gasteiger partial charge on any atom is -0.460 e. The van der Waals surface area contributed by atoms with E-state index in [-0.39, 0.29) is 0 Å². The number of furan rings is 1. The number of rotatable bonds is 2. The predicted molar refractivity (Wildman–Crippen MR) is 69.2 cm³/mol. The third-order valence-corrected chi connectivity index (χ3v) is 3.83. The molecule has 0 aliphatic heterocycles. The Labute approximate surface area is 104 Å². The Bertz CT molecular complexity index is 493. The van der Waals surface area contributed by atoms with Gasteiger partial charge in [-0.15, -0.1) is 0 Å². The lowest BCUT2D eigenvalue weighted by Gasteiger charge is -2.05. The summed E-state index contributed by atoms with van der Waals surface area (Å²) < 4.78 is 6.78. The molecule has 1 aromatic heterocycles. The molecule has 0 aliphatic carbocycles. The van der Waals surface area contributed by atoms with Gasteiger partial charge in [0.1, 0.15) is 11.5 Å². The van der Waals surface area contributed by atoms with Gasteiger partial charge in [0.25, 0.3) is 0 Å². The van der Waals surface area contributed by atoms with Crippen molar-refractivity contribution in [2.75, 3.05) is 0 Å². The molecule has 2 aromatic rings. The molecule has 0 bridgehead atoms. The van der Waals surface area contributed by atoms with E-state index < -0.39 is 0 Å². The van der Waals surface area contributed by atoms with E-state index in [9.17, 15) is 0 Å². The first-order valence-corrected chi connectivity index (χ1v) is 5.97. The first kappa shape index (κ1) is 11.4. The van der Waals surface area contributed by atoms with Gasteiger partial charge < -0.3 is 10.2 Å². The maximum absolute atomic E-state index is 5.63. The molecule has 0 spiro atoms. The molecule has 3 heteroatoms. The van der Waals surface area contributed by atoms with Gasteiger partial charge in [0.15, 0.2) is 0 Å². The zero-order chi connectivity index (χ0) is 11.7. The SMILES string of the molecule is Cc1cc(-c2ccc(CN)o2)cc(C)c1Br. The molecule has 0 radical (unpaired) electrons. The number of halogens is 1. The van der Waals surface area contributed by atoms with Crippen LogP contribution in [0.3, 0.4) is 0 Å². The van der Waals surface area contributed by atoms with Crippen LogP contribution in [0, 0.1) is 13.8 Å². The fourth-order valence-corrected chi connectivity index (χ4v) is 1.96. The molecule has 1 aromatic carbocycles. The summed E-state index contributed by atoms with van der Waals surface area (Å²) in [5.74, 6) is 1.69. The van der Waals surface area contributed by atoms with Crippen molar-refractivity contribution in [2.45, 2.75) is 20.4 Å². The average Bonchev–Trinajstić information content (AvgIpc) is 2.73. The lowest BCUT2D eigenvalue weighted by atomic mass is 10.1. The third kappa shape index (κ3) is 2.06. The molecule has 84 valence electrons. The lowest BCUT2D eigenvalue weighted by Crippen LogP contribution is -1.92. The Morgan fingerprint density at radius 3 is 2.31 bits per heavy atom. The van der Waals surface area contributed by atoms with E-state index in [1.165, 1.54) is 11.1 Å². The Kier molecular flexibility index (Phi) is 3.17. The second-order valence-electron chi connectivity index (χ2n) is 3.89. The van der Waals surface area contributed by atoms with E-state index in [2.05, 4.69) is 41.9 Å². The smallest absolute Gasteiger partial charge is 0.134 e. The summed E-state index contributed by atoms with van der Waals surface area (Å²) in [7, 11) is 0. The molecule has 1 heterocycles. The first-order valence-electron chi connectivity index (χ1n) is 5.17. The van der Waals surface area contributed by atoms with Crippen LogP contribution in [0.25, 0.3) is 11.3 Å². The van der Waals surface area contributed by atoms with Gasteiger partial charge in [-0.3, -0.25) is 0 Å². The quantitative estimate of drug-likeness (QED) is 0.909. The highest BCUT2D eigenvalue weighted by Crippen LogP contribution is 2.29. The van der Waals surface area contributed by atoms with Gasteiger partial charge in [-0.25, -0.2) is 0 Å². The normalized spacial score (nSPS) is 10.8. The van der Waals surface area contributed by atoms with Crippen molar-refractivity contribution in [2.24, 2.45) is 5.73 Å². The predicted octanol–water partition coefficient (Wildman–Crippen LogP) is 3.78. The van der Waals surface area contributed by atoms with Crippen LogP contribution in [0.15, 0.2) is 33.2 Å². The summed E-state index contributed by atoms with van der Waals surface area (Å²) in [6.07, 6.45) is 0. The zero-order valence-corrected chi connectivity index (χ0v) is 11.0. The summed E-state index contributed by atoms with van der Waals surface area (Å²) >= 11 is 3.55. The van der Waals surface area contributed by atoms with E-state index >= 15 is 0 Å². The van der Waals surface area contributed by atoms with Gasteiger partial charge in [-0.1, -0.05) is 15.9 Å². The Morgan fingerprint density at radius 2 is 1.81 bits per heavy atom. The van der Waals surface area contributed by atoms with Gasteiger partial charge >= 0.3 is 0 Å². The van der Waals surface area contributed by atoms with E-state index in [1.54, 1.807) is 0 Å². The van der Waals surface area contributed by atoms with Gasteiger partial charge in [0, 0.05) is 10.0 Å². The second-order valence-corrected chi connectivity index (χ2v) is 4.69. The third-order valence-electron chi connectivity index (χ3n) is 2.58. The molecule has 2 N–H and O–H groups in total. The van der Waals surface area contributed by atoms with Crippen LogP contribution in [0.1, 0.15) is 16.9 Å². The fraction of sp³-hybridized carbons (Fsp3) is 0.231. The maximum atomic E-state index is 5.63. The zero-order valence-electron chi connectivity index (χ0n) is 9.38. The molecular formula is C13H14BrNO. The topological polar surface area (TPSA) is 39.2 Å². The first-order chi connectivity index (χ1) is 7.61. The minimum absolute atomic E-state index is 0.439. The number of nitrogens with two attached hydrogens (primary N) is 1. The van der Waals surface area contributed by atoms with Gasteiger partial charge in [-0.2, -0.15) is 0 Å². The second kappa shape index (κ2) is 4.44.